The second kappa shape index (κ2) is 7.78. The number of carbonyl (C=O) groups is 3. The number of carbonyl (C=O) groups excluding carboxylic acids is 3. The minimum absolute atomic E-state index is 0.0619. The maximum Gasteiger partial charge on any atom is 0.243 e. The highest BCUT2D eigenvalue weighted by Gasteiger charge is 2.30. The first-order valence-electron chi connectivity index (χ1n) is 8.50. The molecule has 1 aliphatic rings. The number of hydrazine groups is 1. The highest BCUT2D eigenvalue weighted by molar-refractivity contribution is 6.09. The molecule has 1 saturated heterocycles. The molecule has 0 unspecified atom stereocenters. The van der Waals surface area contributed by atoms with Crippen molar-refractivity contribution in [3.8, 4) is 0 Å². The summed E-state index contributed by atoms with van der Waals surface area (Å²) in [7, 11) is 0. The van der Waals surface area contributed by atoms with Crippen LogP contribution in [0.2, 0.25) is 0 Å². The largest absolute Gasteiger partial charge is 0.295 e. The second-order valence-corrected chi connectivity index (χ2v) is 6.12. The van der Waals surface area contributed by atoms with Gasteiger partial charge in [0.15, 0.2) is 11.6 Å². The first-order valence-corrected chi connectivity index (χ1v) is 8.50. The fourth-order valence-corrected chi connectivity index (χ4v) is 2.89. The third-order valence-corrected chi connectivity index (χ3v) is 4.31. The molecule has 0 spiro atoms. The third kappa shape index (κ3) is 3.88. The number of ketones is 2. The Balaban J connectivity index is 1.85. The van der Waals surface area contributed by atoms with Crippen LogP contribution < -0.4 is 5.01 Å². The van der Waals surface area contributed by atoms with Gasteiger partial charge in [0.05, 0.1) is 12.2 Å². The third-order valence-electron chi connectivity index (χ3n) is 4.31. The van der Waals surface area contributed by atoms with Crippen LogP contribution in [-0.4, -0.2) is 35.6 Å². The molecule has 0 aromatic heterocycles. The number of Topliss-reactive ketones (excluding diaryl/α,β-unsaturated/α-hetero) is 1. The lowest BCUT2D eigenvalue weighted by atomic mass is 10.1. The molecule has 0 radical (unpaired) electrons. The monoisotopic (exact) mass is 348 g/mol. The molecular weight excluding hydrogens is 328 g/mol. The minimum Gasteiger partial charge on any atom is -0.295 e. The molecule has 1 fully saturated rings. The summed E-state index contributed by atoms with van der Waals surface area (Å²) in [5.74, 6) is -0.524. The van der Waals surface area contributed by atoms with Crippen LogP contribution in [-0.2, 0) is 9.59 Å². The number of nitrogens with zero attached hydrogens (tertiary/aromatic N) is 2. The van der Waals surface area contributed by atoms with Crippen molar-refractivity contribution in [2.45, 2.75) is 13.3 Å². The maximum atomic E-state index is 12.4. The lowest BCUT2D eigenvalue weighted by Crippen LogP contribution is -2.41. The highest BCUT2D eigenvalue weighted by Crippen LogP contribution is 2.23. The van der Waals surface area contributed by atoms with E-state index in [1.54, 1.807) is 29.3 Å². The van der Waals surface area contributed by atoms with Crippen molar-refractivity contribution in [2.75, 3.05) is 18.1 Å². The summed E-state index contributed by atoms with van der Waals surface area (Å²) < 4.78 is 0. The number of para-hydroxylation sites is 1. The first kappa shape index (κ1) is 17.6. The Labute approximate surface area is 152 Å². The molecule has 3 rings (SSSR count). The van der Waals surface area contributed by atoms with Crippen LogP contribution in [0.3, 0.4) is 0 Å². The van der Waals surface area contributed by atoms with Crippen molar-refractivity contribution < 1.29 is 14.4 Å². The van der Waals surface area contributed by atoms with Gasteiger partial charge in [-0.1, -0.05) is 48.5 Å². The van der Waals surface area contributed by atoms with Gasteiger partial charge in [-0.25, -0.2) is 5.01 Å². The summed E-state index contributed by atoms with van der Waals surface area (Å²) in [6, 6.07) is 18.3. The zero-order chi connectivity index (χ0) is 18.5. The van der Waals surface area contributed by atoms with Gasteiger partial charge in [-0.15, -0.1) is 0 Å². The van der Waals surface area contributed by atoms with Gasteiger partial charge in [0.1, 0.15) is 0 Å². The van der Waals surface area contributed by atoms with Gasteiger partial charge in [-0.05, 0) is 25.1 Å². The van der Waals surface area contributed by atoms with E-state index in [-0.39, 0.29) is 24.0 Å². The summed E-state index contributed by atoms with van der Waals surface area (Å²) >= 11 is 0. The van der Waals surface area contributed by atoms with Gasteiger partial charge in [0, 0.05) is 24.1 Å². The number of hydrogen-bond donors (Lipinski definition) is 0. The Bertz CT molecular complexity index is 844. The van der Waals surface area contributed by atoms with Crippen LogP contribution in [0.1, 0.15) is 23.7 Å². The van der Waals surface area contributed by atoms with Crippen molar-refractivity contribution in [2.24, 2.45) is 0 Å². The highest BCUT2D eigenvalue weighted by atomic mass is 16.2. The number of anilines is 1. The van der Waals surface area contributed by atoms with E-state index in [1.807, 2.05) is 41.4 Å². The predicted octanol–water partition coefficient (Wildman–Crippen LogP) is 3.04. The Morgan fingerprint density at radius 2 is 1.62 bits per heavy atom. The molecule has 2 aromatic rings. The lowest BCUT2D eigenvalue weighted by Gasteiger charge is -2.30. The number of benzene rings is 2. The van der Waals surface area contributed by atoms with Crippen molar-refractivity contribution in [1.29, 1.82) is 0 Å². The first-order chi connectivity index (χ1) is 12.6. The Kier molecular flexibility index (Phi) is 5.27. The molecule has 26 heavy (non-hydrogen) atoms. The van der Waals surface area contributed by atoms with Crippen LogP contribution in [0, 0.1) is 0 Å². The average Bonchev–Trinajstić information content (AvgIpc) is 3.03. The van der Waals surface area contributed by atoms with Crippen LogP contribution in [0.5, 0.6) is 0 Å². The second-order valence-electron chi connectivity index (χ2n) is 6.12. The summed E-state index contributed by atoms with van der Waals surface area (Å²) in [4.78, 5) is 36.8. The fraction of sp³-hybridized carbons (Fsp3) is 0.190. The van der Waals surface area contributed by atoms with Gasteiger partial charge in [0.2, 0.25) is 5.91 Å². The molecule has 0 bridgehead atoms. The minimum atomic E-state index is -0.242. The van der Waals surface area contributed by atoms with Gasteiger partial charge in [-0.3, -0.25) is 19.4 Å². The van der Waals surface area contributed by atoms with E-state index >= 15 is 0 Å². The summed E-state index contributed by atoms with van der Waals surface area (Å²) in [5, 5.41) is 3.40. The molecule has 132 valence electrons. The molecule has 0 atom stereocenters. The number of amides is 1. The Morgan fingerprint density at radius 1 is 1.00 bits per heavy atom. The van der Waals surface area contributed by atoms with Gasteiger partial charge in [0.25, 0.3) is 0 Å². The molecule has 1 amide bonds. The van der Waals surface area contributed by atoms with Crippen molar-refractivity contribution in [1.82, 2.24) is 5.01 Å². The van der Waals surface area contributed by atoms with Gasteiger partial charge >= 0.3 is 0 Å². The van der Waals surface area contributed by atoms with E-state index < -0.39 is 0 Å². The molecule has 5 heteroatoms. The molecule has 1 heterocycles. The number of rotatable bonds is 6. The van der Waals surface area contributed by atoms with Crippen LogP contribution in [0.15, 0.2) is 72.3 Å². The van der Waals surface area contributed by atoms with E-state index in [1.165, 1.54) is 13.0 Å². The molecule has 0 aliphatic carbocycles. The van der Waals surface area contributed by atoms with E-state index in [4.69, 9.17) is 0 Å². The summed E-state index contributed by atoms with van der Waals surface area (Å²) in [6.07, 6.45) is 1.72. The van der Waals surface area contributed by atoms with Crippen LogP contribution in [0.4, 0.5) is 5.69 Å². The van der Waals surface area contributed by atoms with Crippen LogP contribution >= 0.6 is 0 Å². The van der Waals surface area contributed by atoms with Crippen molar-refractivity contribution >= 4 is 23.2 Å². The standard InChI is InChI=1S/C21H20N2O3/c1-16(24)18(14-20(25)17-8-4-2-5-9-17)15-23-21(26)12-13-22(23)19-10-6-3-7-11-19/h2-11,14H,12-13,15H2,1H3/b18-14-. The SMILES string of the molecule is CC(=O)/C(=C\C(=O)c1ccccc1)CN1C(=O)CCN1c1ccccc1. The van der Waals surface area contributed by atoms with Gasteiger partial charge < -0.3 is 0 Å². The van der Waals surface area contributed by atoms with E-state index in [9.17, 15) is 14.4 Å². The van der Waals surface area contributed by atoms with Crippen LogP contribution in [0.25, 0.3) is 0 Å². The number of allylic oxidation sites excluding steroid dienone is 1. The molecule has 2 aromatic carbocycles. The topological polar surface area (TPSA) is 57.7 Å². The normalized spacial score (nSPS) is 14.7. The number of hydrogen-bond acceptors (Lipinski definition) is 4. The summed E-state index contributed by atoms with van der Waals surface area (Å²) in [5.41, 5.74) is 1.71. The van der Waals surface area contributed by atoms with Gasteiger partial charge in [-0.2, -0.15) is 0 Å². The van der Waals surface area contributed by atoms with E-state index in [0.29, 0.717) is 24.1 Å². The average molecular weight is 348 g/mol. The van der Waals surface area contributed by atoms with E-state index in [0.717, 1.165) is 5.69 Å². The molecule has 1 aliphatic heterocycles. The summed E-state index contributed by atoms with van der Waals surface area (Å²) in [6.45, 7) is 2.06. The molecule has 0 N–H and O–H groups in total. The zero-order valence-electron chi connectivity index (χ0n) is 14.6. The van der Waals surface area contributed by atoms with Crippen molar-refractivity contribution in [3.05, 3.63) is 77.9 Å². The fourth-order valence-electron chi connectivity index (χ4n) is 2.89. The predicted molar refractivity (Wildman–Crippen MR) is 99.7 cm³/mol. The lowest BCUT2D eigenvalue weighted by molar-refractivity contribution is -0.127. The molecule has 0 saturated carbocycles. The Hall–Kier alpha value is -3.21. The zero-order valence-corrected chi connectivity index (χ0v) is 14.6. The van der Waals surface area contributed by atoms with E-state index in [2.05, 4.69) is 0 Å². The quantitative estimate of drug-likeness (QED) is 0.595. The smallest absolute Gasteiger partial charge is 0.243 e. The maximum absolute atomic E-state index is 12.4. The van der Waals surface area contributed by atoms with Crippen molar-refractivity contribution in [3.63, 3.8) is 0 Å². The molecule has 5 nitrogen and oxygen atoms in total. The molecular formula is C21H20N2O3. The Morgan fingerprint density at radius 3 is 2.23 bits per heavy atom.